The van der Waals surface area contributed by atoms with Crippen molar-refractivity contribution in [2.45, 2.75) is 45.6 Å². The third-order valence-corrected chi connectivity index (χ3v) is 5.61. The van der Waals surface area contributed by atoms with Gasteiger partial charge in [0.05, 0.1) is 20.8 Å². The SMILES string of the molecule is CCNC(=NCc1ccc(OC)c(OC)c1)NCC1(C2CC2)CCC1.I. The molecule has 0 aliphatic heterocycles. The lowest BCUT2D eigenvalue weighted by Crippen LogP contribution is -2.47. The average Bonchev–Trinajstić information content (AvgIpc) is 3.43. The van der Waals surface area contributed by atoms with Gasteiger partial charge in [-0.1, -0.05) is 12.5 Å². The van der Waals surface area contributed by atoms with Crippen molar-refractivity contribution in [3.63, 3.8) is 0 Å². The first-order chi connectivity index (χ1) is 12.2. The van der Waals surface area contributed by atoms with Crippen molar-refractivity contribution < 1.29 is 9.47 Å². The summed E-state index contributed by atoms with van der Waals surface area (Å²) in [5.74, 6) is 3.35. The Labute approximate surface area is 174 Å². The molecule has 0 saturated heterocycles. The Morgan fingerprint density at radius 1 is 1.15 bits per heavy atom. The highest BCUT2D eigenvalue weighted by Gasteiger charge is 2.48. The largest absolute Gasteiger partial charge is 0.493 e. The first-order valence-electron chi connectivity index (χ1n) is 9.44. The van der Waals surface area contributed by atoms with Crippen LogP contribution in [0, 0.1) is 11.3 Å². The Morgan fingerprint density at radius 2 is 1.88 bits per heavy atom. The van der Waals surface area contributed by atoms with Crippen LogP contribution < -0.4 is 20.1 Å². The van der Waals surface area contributed by atoms with E-state index in [1.807, 2.05) is 18.2 Å². The van der Waals surface area contributed by atoms with E-state index >= 15 is 0 Å². The molecule has 6 heteroatoms. The molecule has 1 aromatic carbocycles. The van der Waals surface area contributed by atoms with Crippen molar-refractivity contribution in [1.82, 2.24) is 10.6 Å². The van der Waals surface area contributed by atoms with Gasteiger partial charge >= 0.3 is 0 Å². The fourth-order valence-electron chi connectivity index (χ4n) is 3.81. The predicted molar refractivity (Wildman–Crippen MR) is 117 cm³/mol. The van der Waals surface area contributed by atoms with Gasteiger partial charge in [0.15, 0.2) is 17.5 Å². The Morgan fingerprint density at radius 3 is 2.42 bits per heavy atom. The van der Waals surface area contributed by atoms with Crippen LogP contribution in [0.4, 0.5) is 0 Å². The minimum absolute atomic E-state index is 0. The fourth-order valence-corrected chi connectivity index (χ4v) is 3.81. The smallest absolute Gasteiger partial charge is 0.191 e. The van der Waals surface area contributed by atoms with E-state index in [1.54, 1.807) is 14.2 Å². The number of aliphatic imine (C=N–C) groups is 1. The summed E-state index contributed by atoms with van der Waals surface area (Å²) in [5, 5.41) is 6.96. The molecule has 0 heterocycles. The summed E-state index contributed by atoms with van der Waals surface area (Å²) in [7, 11) is 3.31. The summed E-state index contributed by atoms with van der Waals surface area (Å²) in [5.41, 5.74) is 1.65. The number of guanidine groups is 1. The second-order valence-electron chi connectivity index (χ2n) is 7.23. The number of nitrogens with zero attached hydrogens (tertiary/aromatic N) is 1. The van der Waals surface area contributed by atoms with Gasteiger partial charge in [0.2, 0.25) is 0 Å². The molecular weight excluding hydrogens is 441 g/mol. The van der Waals surface area contributed by atoms with Crippen LogP contribution in [0.15, 0.2) is 23.2 Å². The van der Waals surface area contributed by atoms with Crippen molar-refractivity contribution >= 4 is 29.9 Å². The summed E-state index contributed by atoms with van der Waals surface area (Å²) >= 11 is 0. The van der Waals surface area contributed by atoms with E-state index in [2.05, 4.69) is 17.6 Å². The third kappa shape index (κ3) is 4.96. The maximum atomic E-state index is 5.37. The zero-order valence-electron chi connectivity index (χ0n) is 16.1. The van der Waals surface area contributed by atoms with Crippen molar-refractivity contribution in [2.75, 3.05) is 27.3 Å². The molecule has 26 heavy (non-hydrogen) atoms. The Bertz CT molecular complexity index is 613. The zero-order chi connectivity index (χ0) is 17.7. The lowest BCUT2D eigenvalue weighted by atomic mass is 9.65. The van der Waals surface area contributed by atoms with E-state index in [1.165, 1.54) is 32.1 Å². The fraction of sp³-hybridized carbons (Fsp3) is 0.650. The number of halogens is 1. The highest BCUT2D eigenvalue weighted by molar-refractivity contribution is 14.0. The summed E-state index contributed by atoms with van der Waals surface area (Å²) in [6.45, 7) is 4.64. The van der Waals surface area contributed by atoms with Gasteiger partial charge in [-0.25, -0.2) is 4.99 Å². The maximum Gasteiger partial charge on any atom is 0.191 e. The van der Waals surface area contributed by atoms with E-state index < -0.39 is 0 Å². The number of hydrogen-bond acceptors (Lipinski definition) is 3. The standard InChI is InChI=1S/C20H31N3O2.HI/c1-4-21-19(23-14-20(10-5-11-20)16-7-8-16)22-13-15-6-9-17(24-2)18(12-15)25-3;/h6,9,12,16H,4-5,7-8,10-11,13-14H2,1-3H3,(H2,21,22,23);1H. The highest BCUT2D eigenvalue weighted by Crippen LogP contribution is 2.56. The van der Waals surface area contributed by atoms with Crippen LogP contribution in [0.3, 0.4) is 0 Å². The molecule has 146 valence electrons. The normalized spacial score (nSPS) is 18.3. The average molecular weight is 473 g/mol. The Balaban J connectivity index is 0.00000243. The molecule has 2 aliphatic carbocycles. The lowest BCUT2D eigenvalue weighted by Gasteiger charge is -2.43. The second-order valence-corrected chi connectivity index (χ2v) is 7.23. The van der Waals surface area contributed by atoms with Crippen LogP contribution in [-0.2, 0) is 6.54 Å². The van der Waals surface area contributed by atoms with Gasteiger partial charge in [-0.15, -0.1) is 24.0 Å². The van der Waals surface area contributed by atoms with Crippen LogP contribution in [0.5, 0.6) is 11.5 Å². The molecule has 0 atom stereocenters. The molecule has 0 aromatic heterocycles. The molecule has 2 N–H and O–H groups in total. The minimum atomic E-state index is 0. The van der Waals surface area contributed by atoms with Crippen molar-refractivity contribution in [3.8, 4) is 11.5 Å². The monoisotopic (exact) mass is 473 g/mol. The van der Waals surface area contributed by atoms with Crippen LogP contribution in [0.2, 0.25) is 0 Å². The van der Waals surface area contributed by atoms with Gasteiger partial charge in [0.25, 0.3) is 0 Å². The molecule has 2 aliphatic rings. The van der Waals surface area contributed by atoms with Crippen LogP contribution in [0.1, 0.15) is 44.6 Å². The van der Waals surface area contributed by atoms with Gasteiger partial charge in [-0.2, -0.15) is 0 Å². The molecule has 5 nitrogen and oxygen atoms in total. The number of rotatable bonds is 8. The molecule has 0 spiro atoms. The van der Waals surface area contributed by atoms with E-state index in [-0.39, 0.29) is 24.0 Å². The Kier molecular flexibility index (Phi) is 7.85. The zero-order valence-corrected chi connectivity index (χ0v) is 18.5. The van der Waals surface area contributed by atoms with Gasteiger partial charge in [0, 0.05) is 13.1 Å². The number of methoxy groups -OCH3 is 2. The molecule has 2 saturated carbocycles. The quantitative estimate of drug-likeness (QED) is 0.341. The van der Waals surface area contributed by atoms with Crippen molar-refractivity contribution in [1.29, 1.82) is 0 Å². The minimum Gasteiger partial charge on any atom is -0.493 e. The Hall–Kier alpha value is -1.18. The molecule has 0 bridgehead atoms. The van der Waals surface area contributed by atoms with Crippen LogP contribution in [-0.4, -0.2) is 33.3 Å². The molecule has 0 amide bonds. The highest BCUT2D eigenvalue weighted by atomic mass is 127. The molecule has 2 fully saturated rings. The van der Waals surface area contributed by atoms with Crippen LogP contribution >= 0.6 is 24.0 Å². The van der Waals surface area contributed by atoms with Crippen molar-refractivity contribution in [3.05, 3.63) is 23.8 Å². The van der Waals surface area contributed by atoms with Gasteiger partial charge < -0.3 is 20.1 Å². The van der Waals surface area contributed by atoms with E-state index in [0.717, 1.165) is 42.0 Å². The van der Waals surface area contributed by atoms with E-state index in [0.29, 0.717) is 12.0 Å². The summed E-state index contributed by atoms with van der Waals surface area (Å²) in [6.07, 6.45) is 6.97. The van der Waals surface area contributed by atoms with Gasteiger partial charge in [-0.3, -0.25) is 0 Å². The molecule has 0 radical (unpaired) electrons. The topological polar surface area (TPSA) is 54.9 Å². The predicted octanol–water partition coefficient (Wildman–Crippen LogP) is 3.96. The molecule has 3 rings (SSSR count). The van der Waals surface area contributed by atoms with E-state index in [4.69, 9.17) is 14.5 Å². The molecule has 0 unspecified atom stereocenters. The van der Waals surface area contributed by atoms with Gasteiger partial charge in [-0.05, 0) is 61.6 Å². The first-order valence-corrected chi connectivity index (χ1v) is 9.44. The number of hydrogen-bond donors (Lipinski definition) is 2. The second kappa shape index (κ2) is 9.67. The van der Waals surface area contributed by atoms with Crippen LogP contribution in [0.25, 0.3) is 0 Å². The van der Waals surface area contributed by atoms with Gasteiger partial charge in [0.1, 0.15) is 0 Å². The maximum absolute atomic E-state index is 5.37. The van der Waals surface area contributed by atoms with E-state index in [9.17, 15) is 0 Å². The molecule has 1 aromatic rings. The number of ether oxygens (including phenoxy) is 2. The van der Waals surface area contributed by atoms with Crippen molar-refractivity contribution in [2.24, 2.45) is 16.3 Å². The lowest BCUT2D eigenvalue weighted by molar-refractivity contribution is 0.106. The molecular formula is C20H32IN3O2. The number of benzene rings is 1. The third-order valence-electron chi connectivity index (χ3n) is 5.61. The number of nitrogens with one attached hydrogen (secondary N) is 2. The summed E-state index contributed by atoms with van der Waals surface area (Å²) < 4.78 is 10.7. The summed E-state index contributed by atoms with van der Waals surface area (Å²) in [6, 6.07) is 5.95. The first kappa shape index (κ1) is 21.1. The summed E-state index contributed by atoms with van der Waals surface area (Å²) in [4.78, 5) is 4.75.